The van der Waals surface area contributed by atoms with Crippen LogP contribution in [-0.4, -0.2) is 15.9 Å². The van der Waals surface area contributed by atoms with Gasteiger partial charge in [-0.1, -0.05) is 64.2 Å². The summed E-state index contributed by atoms with van der Waals surface area (Å²) in [4.78, 5) is 21.5. The van der Waals surface area contributed by atoms with Gasteiger partial charge in [-0.25, -0.2) is 9.18 Å². The highest BCUT2D eigenvalue weighted by Crippen LogP contribution is 2.22. The third-order valence-corrected chi connectivity index (χ3v) is 5.68. The highest BCUT2D eigenvalue weighted by Gasteiger charge is 2.13. The third-order valence-electron chi connectivity index (χ3n) is 5.68. The second-order valence-corrected chi connectivity index (χ2v) is 8.39. The minimum atomic E-state index is -0.589. The number of benzene rings is 2. The van der Waals surface area contributed by atoms with E-state index in [1.165, 1.54) is 37.8 Å². The first-order chi connectivity index (χ1) is 16.1. The van der Waals surface area contributed by atoms with Crippen molar-refractivity contribution >= 4 is 5.97 Å². The first-order valence-corrected chi connectivity index (χ1v) is 12.0. The molecule has 0 saturated carbocycles. The summed E-state index contributed by atoms with van der Waals surface area (Å²) in [6, 6.07) is 11.7. The fourth-order valence-corrected chi connectivity index (χ4v) is 3.66. The average Bonchev–Trinajstić information content (AvgIpc) is 2.84. The van der Waals surface area contributed by atoms with Gasteiger partial charge in [-0.2, -0.15) is 0 Å². The van der Waals surface area contributed by atoms with Gasteiger partial charge in [-0.15, -0.1) is 0 Å². The highest BCUT2D eigenvalue weighted by atomic mass is 19.1. The molecule has 0 N–H and O–H groups in total. The van der Waals surface area contributed by atoms with E-state index in [9.17, 15) is 9.18 Å². The van der Waals surface area contributed by atoms with Gasteiger partial charge < -0.3 is 4.74 Å². The molecule has 1 heterocycles. The fourth-order valence-electron chi connectivity index (χ4n) is 3.66. The maximum absolute atomic E-state index is 14.4. The molecule has 3 aromatic rings. The molecule has 5 heteroatoms. The molecule has 0 unspecified atom stereocenters. The van der Waals surface area contributed by atoms with Crippen LogP contribution in [-0.2, 0) is 12.8 Å². The Labute approximate surface area is 196 Å². The van der Waals surface area contributed by atoms with E-state index < -0.39 is 11.8 Å². The number of carbonyl (C=O) groups excluding carboxylic acids is 1. The van der Waals surface area contributed by atoms with Crippen molar-refractivity contribution in [1.82, 2.24) is 9.97 Å². The molecule has 1 aromatic heterocycles. The minimum absolute atomic E-state index is 0.0501. The predicted molar refractivity (Wildman–Crippen MR) is 130 cm³/mol. The molecule has 0 fully saturated rings. The highest BCUT2D eigenvalue weighted by molar-refractivity contribution is 5.91. The lowest BCUT2D eigenvalue weighted by Crippen LogP contribution is -2.09. The number of halogens is 1. The lowest BCUT2D eigenvalue weighted by Gasteiger charge is -2.08. The van der Waals surface area contributed by atoms with Crippen LogP contribution in [0.4, 0.5) is 4.39 Å². The Hall–Kier alpha value is -3.08. The summed E-state index contributed by atoms with van der Waals surface area (Å²) in [5, 5.41) is 0. The Kier molecular flexibility index (Phi) is 9.55. The molecule has 0 aliphatic rings. The molecule has 3 rings (SSSR count). The van der Waals surface area contributed by atoms with Gasteiger partial charge in [0.25, 0.3) is 0 Å². The summed E-state index contributed by atoms with van der Waals surface area (Å²) < 4.78 is 19.7. The molecule has 0 amide bonds. The van der Waals surface area contributed by atoms with Crippen molar-refractivity contribution in [2.24, 2.45) is 0 Å². The summed E-state index contributed by atoms with van der Waals surface area (Å²) in [5.41, 5.74) is 3.87. The van der Waals surface area contributed by atoms with Gasteiger partial charge >= 0.3 is 5.97 Å². The molecule has 33 heavy (non-hydrogen) atoms. The van der Waals surface area contributed by atoms with Crippen LogP contribution in [0.15, 0.2) is 54.9 Å². The van der Waals surface area contributed by atoms with Crippen LogP contribution in [0.1, 0.15) is 80.4 Å². The van der Waals surface area contributed by atoms with Crippen molar-refractivity contribution < 1.29 is 13.9 Å². The van der Waals surface area contributed by atoms with E-state index >= 15 is 0 Å². The molecule has 0 atom stereocenters. The van der Waals surface area contributed by atoms with Gasteiger partial charge in [0.05, 0.1) is 23.1 Å². The maximum Gasteiger partial charge on any atom is 0.343 e. The molecule has 0 radical (unpaired) electrons. The number of aromatic nitrogens is 2. The smallest absolute Gasteiger partial charge is 0.343 e. The lowest BCUT2D eigenvalue weighted by molar-refractivity contribution is 0.0728. The van der Waals surface area contributed by atoms with Gasteiger partial charge in [0, 0.05) is 11.8 Å². The molecule has 0 aliphatic heterocycles. The van der Waals surface area contributed by atoms with E-state index in [1.54, 1.807) is 30.5 Å². The quantitative estimate of drug-likeness (QED) is 0.165. The van der Waals surface area contributed by atoms with E-state index in [2.05, 4.69) is 23.8 Å². The molecule has 0 aliphatic carbocycles. The average molecular weight is 449 g/mol. The van der Waals surface area contributed by atoms with Crippen molar-refractivity contribution in [3.8, 4) is 17.0 Å². The zero-order valence-electron chi connectivity index (χ0n) is 19.6. The Balaban J connectivity index is 1.58. The largest absolute Gasteiger partial charge is 0.420 e. The van der Waals surface area contributed by atoms with Crippen molar-refractivity contribution in [1.29, 1.82) is 0 Å². The second-order valence-electron chi connectivity index (χ2n) is 8.39. The molecule has 0 saturated heterocycles. The van der Waals surface area contributed by atoms with Gasteiger partial charge in [0.2, 0.25) is 0 Å². The molecular weight excluding hydrogens is 415 g/mol. The van der Waals surface area contributed by atoms with Crippen LogP contribution >= 0.6 is 0 Å². The van der Waals surface area contributed by atoms with Crippen molar-refractivity contribution in [3.05, 3.63) is 77.5 Å². The molecule has 174 valence electrons. The standard InChI is InChI=1S/C28H33FN2O2/c1-3-5-7-9-10-21-12-17-27(25(29)18-21)33-28(32)23-15-13-22(14-16-23)26-20-30-24(19-31-26)11-8-6-4-2/h12-20H,3-11H2,1-2H3. The molecule has 0 spiro atoms. The number of hydrogen-bond donors (Lipinski definition) is 0. The molecule has 0 bridgehead atoms. The van der Waals surface area contributed by atoms with E-state index in [0.29, 0.717) is 5.56 Å². The Morgan fingerprint density at radius 1 is 0.848 bits per heavy atom. The second kappa shape index (κ2) is 12.8. The molecule has 4 nitrogen and oxygen atoms in total. The summed E-state index contributed by atoms with van der Waals surface area (Å²) in [5.74, 6) is -1.15. The number of rotatable bonds is 12. The number of unbranched alkanes of at least 4 members (excludes halogenated alkanes) is 5. The van der Waals surface area contributed by atoms with E-state index in [4.69, 9.17) is 4.74 Å². The van der Waals surface area contributed by atoms with Crippen LogP contribution in [0.25, 0.3) is 11.3 Å². The summed E-state index contributed by atoms with van der Waals surface area (Å²) in [6.07, 6.45) is 13.3. The molecular formula is C28H33FN2O2. The van der Waals surface area contributed by atoms with Gasteiger partial charge in [0.15, 0.2) is 11.6 Å². The van der Waals surface area contributed by atoms with Crippen molar-refractivity contribution in [2.45, 2.75) is 71.6 Å². The Bertz CT molecular complexity index is 1020. The van der Waals surface area contributed by atoms with E-state index in [0.717, 1.165) is 54.6 Å². The van der Waals surface area contributed by atoms with E-state index in [-0.39, 0.29) is 5.75 Å². The predicted octanol–water partition coefficient (Wildman–Crippen LogP) is 7.36. The van der Waals surface area contributed by atoms with E-state index in [1.807, 2.05) is 12.3 Å². The minimum Gasteiger partial charge on any atom is -0.420 e. The number of esters is 1. The Morgan fingerprint density at radius 3 is 2.24 bits per heavy atom. The summed E-state index contributed by atoms with van der Waals surface area (Å²) >= 11 is 0. The maximum atomic E-state index is 14.4. The summed E-state index contributed by atoms with van der Waals surface area (Å²) in [7, 11) is 0. The Morgan fingerprint density at radius 2 is 1.58 bits per heavy atom. The zero-order chi connectivity index (χ0) is 23.5. The van der Waals surface area contributed by atoms with Crippen LogP contribution in [0, 0.1) is 5.82 Å². The number of hydrogen-bond acceptors (Lipinski definition) is 4. The van der Waals surface area contributed by atoms with Crippen LogP contribution in [0.5, 0.6) is 5.75 Å². The SMILES string of the molecule is CCCCCCc1ccc(OC(=O)c2ccc(-c3cnc(CCCCC)cn3)cc2)c(F)c1. The van der Waals surface area contributed by atoms with Crippen LogP contribution < -0.4 is 4.74 Å². The van der Waals surface area contributed by atoms with Crippen LogP contribution in [0.3, 0.4) is 0 Å². The van der Waals surface area contributed by atoms with Gasteiger partial charge in [-0.3, -0.25) is 9.97 Å². The lowest BCUT2D eigenvalue weighted by atomic mass is 10.1. The van der Waals surface area contributed by atoms with Crippen LogP contribution in [0.2, 0.25) is 0 Å². The van der Waals surface area contributed by atoms with Gasteiger partial charge in [0.1, 0.15) is 0 Å². The monoisotopic (exact) mass is 448 g/mol. The first-order valence-electron chi connectivity index (χ1n) is 12.0. The summed E-state index contributed by atoms with van der Waals surface area (Å²) in [6.45, 7) is 4.34. The third kappa shape index (κ3) is 7.48. The number of carbonyl (C=O) groups is 1. The topological polar surface area (TPSA) is 52.1 Å². The number of aryl methyl sites for hydroxylation is 2. The van der Waals surface area contributed by atoms with Gasteiger partial charge in [-0.05, 0) is 55.5 Å². The van der Waals surface area contributed by atoms with Crippen molar-refractivity contribution in [2.75, 3.05) is 0 Å². The first kappa shape index (κ1) is 24.6. The van der Waals surface area contributed by atoms with Crippen molar-refractivity contribution in [3.63, 3.8) is 0 Å². The number of nitrogens with zero attached hydrogens (tertiary/aromatic N) is 2. The zero-order valence-corrected chi connectivity index (χ0v) is 19.6. The number of ether oxygens (including phenoxy) is 1. The molecule has 2 aromatic carbocycles. The normalized spacial score (nSPS) is 10.9. The fraction of sp³-hybridized carbons (Fsp3) is 0.393.